The van der Waals surface area contributed by atoms with Crippen molar-refractivity contribution in [1.29, 1.82) is 0 Å². The lowest BCUT2D eigenvalue weighted by atomic mass is 9.44. The first-order chi connectivity index (χ1) is 26.6. The highest BCUT2D eigenvalue weighted by atomic mass is 32.2. The minimum Gasteiger partial charge on any atom is -0.741 e. The van der Waals surface area contributed by atoms with E-state index in [4.69, 9.17) is 35.4 Å². The van der Waals surface area contributed by atoms with Crippen molar-refractivity contribution in [3.63, 3.8) is 0 Å². The van der Waals surface area contributed by atoms with E-state index in [9.17, 15) is 35.9 Å². The molecule has 2 heterocycles. The molecule has 0 spiro atoms. The first kappa shape index (κ1) is 49.8. The molecule has 0 N–H and O–H groups in total. The number of piperazine rings is 2. The largest absolute Gasteiger partial charge is 0.741 e. The van der Waals surface area contributed by atoms with Crippen LogP contribution in [-0.2, 0) is 39.3 Å². The third-order valence-corrected chi connectivity index (χ3v) is 15.8. The molecule has 0 aromatic carbocycles. The highest BCUT2D eigenvalue weighted by Gasteiger charge is 2.65. The average molecular weight is 901 g/mol. The Morgan fingerprint density at radius 1 is 0.661 bits per heavy atom. The van der Waals surface area contributed by atoms with Crippen molar-refractivity contribution in [2.24, 2.45) is 34.5 Å². The Morgan fingerprint density at radius 2 is 1.08 bits per heavy atom. The number of carbonyl (C=O) groups excluding carboxylic acids is 2. The molecule has 59 heavy (non-hydrogen) atoms. The molecule has 14 nitrogen and oxygen atoms in total. The number of hydrogen-bond acceptors (Lipinski definition) is 12. The van der Waals surface area contributed by atoms with Crippen LogP contribution in [0.1, 0.15) is 72.6 Å². The standard InChI is InChI=1S/C35H62N4O4.2CHF3O3S/c1-24(40)42-32-21-26-9-10-27-28(35(26,4)23-31(32)37-15-19-39(7,8)20-16-37)11-12-34(3)29(27)22-30(33(34)43-25(2)41)36-13-17-38(5,6)18-14-36;2*2-1(3,4)8(5,6)7/h26-33H,9-23H2,1-8H3;2*(H,5,6,7)/q+2;;/p-2/t26?,27?,28?,29?,30-,31-,32-,33-,34+,35+;;/m1../s1. The van der Waals surface area contributed by atoms with Gasteiger partial charge in [0.1, 0.15) is 12.2 Å². The van der Waals surface area contributed by atoms with Crippen LogP contribution in [0.2, 0.25) is 0 Å². The van der Waals surface area contributed by atoms with E-state index < -0.39 is 31.3 Å². The Morgan fingerprint density at radius 3 is 1.49 bits per heavy atom. The first-order valence-corrected chi connectivity index (χ1v) is 22.9. The number of likely N-dealkylation sites (N-methyl/N-ethyl adjacent to an activating group) is 2. The molecular weight excluding hydrogens is 839 g/mol. The molecule has 22 heteroatoms. The van der Waals surface area contributed by atoms with E-state index in [2.05, 4.69) is 51.8 Å². The van der Waals surface area contributed by atoms with Gasteiger partial charge >= 0.3 is 23.0 Å². The van der Waals surface area contributed by atoms with Gasteiger partial charge < -0.3 is 27.5 Å². The molecule has 344 valence electrons. The van der Waals surface area contributed by atoms with Gasteiger partial charge in [-0.3, -0.25) is 19.4 Å². The molecule has 2 aliphatic heterocycles. The maximum atomic E-state index is 12.5. The summed E-state index contributed by atoms with van der Waals surface area (Å²) in [7, 11) is -2.82. The SMILES string of the molecule is CC(=O)O[C@@H]1[C@H](N2CC[N+](C)(C)CC2)CC2C3CCC4C[C@@H](OC(C)=O)[C@H](N5CC[N+](C)(C)CC5)C[C@]4(C)C3CC[C@@]21C.O=S(=O)([O-])C(F)(F)F.O=S(=O)([O-])C(F)(F)F. The van der Waals surface area contributed by atoms with Crippen molar-refractivity contribution in [2.45, 2.75) is 108 Å². The Hall–Kier alpha value is -1.82. The van der Waals surface area contributed by atoms with Gasteiger partial charge in [0.25, 0.3) is 0 Å². The second kappa shape index (κ2) is 17.4. The number of carbonyl (C=O) groups is 2. The Labute approximate surface area is 344 Å². The normalized spacial score (nSPS) is 37.5. The van der Waals surface area contributed by atoms with Crippen LogP contribution in [0.4, 0.5) is 26.3 Å². The summed E-state index contributed by atoms with van der Waals surface area (Å²) in [6.07, 6.45) is 8.22. The highest BCUT2D eigenvalue weighted by molar-refractivity contribution is 7.86. The summed E-state index contributed by atoms with van der Waals surface area (Å²) >= 11 is 0. The molecule has 6 aliphatic rings. The van der Waals surface area contributed by atoms with Crippen molar-refractivity contribution < 1.29 is 80.3 Å². The summed E-state index contributed by atoms with van der Waals surface area (Å²) in [5, 5.41) is 0. The van der Waals surface area contributed by atoms with Gasteiger partial charge in [-0.25, -0.2) is 16.8 Å². The van der Waals surface area contributed by atoms with Crippen molar-refractivity contribution >= 4 is 32.2 Å². The van der Waals surface area contributed by atoms with Gasteiger partial charge in [0.15, 0.2) is 20.2 Å². The number of alkyl halides is 6. The quantitative estimate of drug-likeness (QED) is 0.132. The molecule has 6 fully saturated rings. The predicted molar refractivity (Wildman–Crippen MR) is 200 cm³/mol. The summed E-state index contributed by atoms with van der Waals surface area (Å²) in [6.45, 7) is 17.3. The fraction of sp³-hybridized carbons (Fsp3) is 0.946. The number of esters is 2. The second-order valence-electron chi connectivity index (χ2n) is 19.3. The van der Waals surface area contributed by atoms with Crippen LogP contribution in [0, 0.1) is 34.5 Å². The fourth-order valence-corrected chi connectivity index (χ4v) is 11.4. The van der Waals surface area contributed by atoms with Crippen LogP contribution in [0.15, 0.2) is 0 Å². The lowest BCUT2D eigenvalue weighted by molar-refractivity contribution is -0.894. The summed E-state index contributed by atoms with van der Waals surface area (Å²) in [5.74, 6) is 2.35. The van der Waals surface area contributed by atoms with Gasteiger partial charge in [0.2, 0.25) is 0 Å². The van der Waals surface area contributed by atoms with E-state index in [-0.39, 0.29) is 35.0 Å². The number of quaternary nitrogens is 2. The van der Waals surface area contributed by atoms with Crippen LogP contribution < -0.4 is 0 Å². The lowest BCUT2D eigenvalue weighted by Gasteiger charge is -2.62. The summed E-state index contributed by atoms with van der Waals surface area (Å²) in [5.41, 5.74) is -11.0. The van der Waals surface area contributed by atoms with E-state index in [0.717, 1.165) is 80.6 Å². The Balaban J connectivity index is 0.000000406. The zero-order valence-corrected chi connectivity index (χ0v) is 36.8. The Kier molecular flexibility index (Phi) is 14.7. The zero-order chi connectivity index (χ0) is 44.9. The smallest absolute Gasteiger partial charge is 0.485 e. The third-order valence-electron chi connectivity index (χ3n) is 14.7. The molecule has 0 radical (unpaired) electrons. The first-order valence-electron chi connectivity index (χ1n) is 20.1. The van der Waals surface area contributed by atoms with Crippen molar-refractivity contribution in [3.8, 4) is 0 Å². The van der Waals surface area contributed by atoms with Gasteiger partial charge in [0, 0.05) is 57.5 Å². The molecule has 10 atom stereocenters. The van der Waals surface area contributed by atoms with E-state index in [1.165, 1.54) is 25.7 Å². The minimum atomic E-state index is -6.09. The van der Waals surface area contributed by atoms with E-state index in [0.29, 0.717) is 35.8 Å². The molecule has 0 aromatic heterocycles. The van der Waals surface area contributed by atoms with Crippen LogP contribution in [0.5, 0.6) is 0 Å². The van der Waals surface area contributed by atoms with E-state index >= 15 is 0 Å². The maximum Gasteiger partial charge on any atom is 0.485 e. The predicted octanol–water partition coefficient (Wildman–Crippen LogP) is 3.74. The lowest BCUT2D eigenvalue weighted by Crippen LogP contribution is -2.64. The zero-order valence-electron chi connectivity index (χ0n) is 35.2. The van der Waals surface area contributed by atoms with Crippen molar-refractivity contribution in [1.82, 2.24) is 9.80 Å². The number of halogens is 6. The average Bonchev–Trinajstić information content (AvgIpc) is 3.34. The van der Waals surface area contributed by atoms with Crippen LogP contribution in [-0.4, -0.2) is 173 Å². The van der Waals surface area contributed by atoms with Crippen LogP contribution in [0.25, 0.3) is 0 Å². The number of fused-ring (bicyclic) bond motifs is 5. The molecule has 4 aliphatic carbocycles. The monoisotopic (exact) mass is 900 g/mol. The Bertz CT molecular complexity index is 1690. The number of nitrogens with zero attached hydrogens (tertiary/aromatic N) is 4. The molecular formula is C37H62F6N4O10S2. The summed E-state index contributed by atoms with van der Waals surface area (Å²) < 4.78 is 132. The van der Waals surface area contributed by atoms with Gasteiger partial charge in [-0.15, -0.1) is 0 Å². The van der Waals surface area contributed by atoms with Gasteiger partial charge in [0.05, 0.1) is 54.4 Å². The van der Waals surface area contributed by atoms with Crippen LogP contribution >= 0.6 is 0 Å². The molecule has 2 saturated heterocycles. The van der Waals surface area contributed by atoms with Crippen molar-refractivity contribution in [2.75, 3.05) is 80.5 Å². The molecule has 4 unspecified atom stereocenters. The van der Waals surface area contributed by atoms with E-state index in [1.54, 1.807) is 13.8 Å². The molecule has 4 saturated carbocycles. The van der Waals surface area contributed by atoms with Gasteiger partial charge in [-0.1, -0.05) is 13.8 Å². The van der Waals surface area contributed by atoms with Crippen LogP contribution in [0.3, 0.4) is 0 Å². The molecule has 0 bridgehead atoms. The summed E-state index contributed by atoms with van der Waals surface area (Å²) in [4.78, 5) is 30.2. The van der Waals surface area contributed by atoms with E-state index in [1.807, 2.05) is 0 Å². The number of rotatable bonds is 4. The molecule has 0 amide bonds. The minimum absolute atomic E-state index is 0.00234. The molecule has 0 aromatic rings. The second-order valence-corrected chi connectivity index (χ2v) is 22.1. The maximum absolute atomic E-state index is 12.5. The van der Waals surface area contributed by atoms with Crippen molar-refractivity contribution in [3.05, 3.63) is 0 Å². The fourth-order valence-electron chi connectivity index (χ4n) is 11.4. The number of hydrogen-bond donors (Lipinski definition) is 0. The molecule has 6 rings (SSSR count). The van der Waals surface area contributed by atoms with Gasteiger partial charge in [-0.2, -0.15) is 26.3 Å². The van der Waals surface area contributed by atoms with Gasteiger partial charge in [-0.05, 0) is 74.0 Å². The highest BCUT2D eigenvalue weighted by Crippen LogP contribution is 2.67. The third kappa shape index (κ3) is 11.4. The number of ether oxygens (including phenoxy) is 2. The topological polar surface area (TPSA) is 173 Å². The summed E-state index contributed by atoms with van der Waals surface area (Å²) in [6, 6.07) is 0.656.